The van der Waals surface area contributed by atoms with E-state index in [0.29, 0.717) is 22.0 Å². The van der Waals surface area contributed by atoms with E-state index < -0.39 is 17.9 Å². The number of hydrogen-bond acceptors (Lipinski definition) is 4. The SMILES string of the molecule is CC1C(=O)N(C(=O)[C@H](C)NC(=O)Cc2cccc(Cl)c2)c2cccc(N)c2-c2ccccc21. The fourth-order valence-corrected chi connectivity index (χ4v) is 4.41. The number of nitrogens with one attached hydrogen (secondary N) is 1. The predicted molar refractivity (Wildman–Crippen MR) is 130 cm³/mol. The molecule has 0 saturated carbocycles. The summed E-state index contributed by atoms with van der Waals surface area (Å²) in [5.41, 5.74) is 10.2. The van der Waals surface area contributed by atoms with Gasteiger partial charge in [0.15, 0.2) is 0 Å². The topological polar surface area (TPSA) is 92.5 Å². The highest BCUT2D eigenvalue weighted by atomic mass is 35.5. The van der Waals surface area contributed by atoms with Crippen LogP contribution < -0.4 is 16.0 Å². The summed E-state index contributed by atoms with van der Waals surface area (Å²) < 4.78 is 0. The smallest absolute Gasteiger partial charge is 0.256 e. The maximum atomic E-state index is 13.5. The van der Waals surface area contributed by atoms with Gasteiger partial charge in [-0.05, 0) is 54.8 Å². The second kappa shape index (κ2) is 9.08. The van der Waals surface area contributed by atoms with E-state index >= 15 is 0 Å². The average molecular weight is 462 g/mol. The fraction of sp³-hybridized carbons (Fsp3) is 0.192. The molecule has 3 amide bonds. The van der Waals surface area contributed by atoms with E-state index in [9.17, 15) is 14.4 Å². The minimum atomic E-state index is -0.927. The van der Waals surface area contributed by atoms with Crippen LogP contribution in [0.1, 0.15) is 30.9 Å². The number of halogens is 1. The minimum Gasteiger partial charge on any atom is -0.398 e. The number of carbonyl (C=O) groups excluding carboxylic acids is 3. The molecule has 0 aromatic heterocycles. The van der Waals surface area contributed by atoms with Crippen LogP contribution in [0.5, 0.6) is 0 Å². The first kappa shape index (κ1) is 22.6. The molecule has 0 saturated heterocycles. The lowest BCUT2D eigenvalue weighted by Crippen LogP contribution is -2.50. The highest BCUT2D eigenvalue weighted by Crippen LogP contribution is 2.44. The Morgan fingerprint density at radius 3 is 2.58 bits per heavy atom. The molecule has 4 rings (SSSR count). The third kappa shape index (κ3) is 4.34. The van der Waals surface area contributed by atoms with Crippen LogP contribution in [0.25, 0.3) is 11.1 Å². The van der Waals surface area contributed by atoms with Gasteiger partial charge in [0, 0.05) is 16.3 Å². The Morgan fingerprint density at radius 1 is 1.09 bits per heavy atom. The molecule has 6 nitrogen and oxygen atoms in total. The maximum Gasteiger partial charge on any atom is 0.256 e. The molecule has 2 atom stereocenters. The first-order valence-corrected chi connectivity index (χ1v) is 11.0. The molecule has 3 aromatic rings. The molecule has 33 heavy (non-hydrogen) atoms. The van der Waals surface area contributed by atoms with Crippen molar-refractivity contribution < 1.29 is 14.4 Å². The molecule has 0 bridgehead atoms. The highest BCUT2D eigenvalue weighted by Gasteiger charge is 2.37. The molecule has 1 aliphatic heterocycles. The van der Waals surface area contributed by atoms with Gasteiger partial charge in [0.1, 0.15) is 6.04 Å². The molecule has 7 heteroatoms. The molecule has 0 fully saturated rings. The monoisotopic (exact) mass is 461 g/mol. The predicted octanol–water partition coefficient (Wildman–Crippen LogP) is 4.31. The summed E-state index contributed by atoms with van der Waals surface area (Å²) in [6.07, 6.45) is 0.0670. The molecule has 1 unspecified atom stereocenters. The summed E-state index contributed by atoms with van der Waals surface area (Å²) >= 11 is 5.99. The van der Waals surface area contributed by atoms with E-state index in [4.69, 9.17) is 17.3 Å². The van der Waals surface area contributed by atoms with Crippen molar-refractivity contribution in [3.05, 3.63) is 82.9 Å². The van der Waals surface area contributed by atoms with Crippen molar-refractivity contribution >= 4 is 40.7 Å². The Balaban J connectivity index is 1.65. The zero-order chi connectivity index (χ0) is 23.7. The summed E-state index contributed by atoms with van der Waals surface area (Å²) in [6.45, 7) is 3.34. The fourth-order valence-electron chi connectivity index (χ4n) is 4.19. The summed E-state index contributed by atoms with van der Waals surface area (Å²) in [7, 11) is 0. The third-order valence-corrected chi connectivity index (χ3v) is 6.06. The Kier molecular flexibility index (Phi) is 6.20. The zero-order valence-electron chi connectivity index (χ0n) is 18.3. The van der Waals surface area contributed by atoms with Crippen LogP contribution in [0.15, 0.2) is 66.7 Å². The van der Waals surface area contributed by atoms with Gasteiger partial charge >= 0.3 is 0 Å². The van der Waals surface area contributed by atoms with E-state index in [-0.39, 0.29) is 18.2 Å². The first-order chi connectivity index (χ1) is 15.8. The number of fused-ring (bicyclic) bond motifs is 3. The van der Waals surface area contributed by atoms with Gasteiger partial charge in [-0.2, -0.15) is 0 Å². The number of carbonyl (C=O) groups is 3. The van der Waals surface area contributed by atoms with E-state index in [0.717, 1.165) is 21.6 Å². The largest absolute Gasteiger partial charge is 0.398 e. The quantitative estimate of drug-likeness (QED) is 0.566. The number of nitrogens with two attached hydrogens (primary N) is 1. The van der Waals surface area contributed by atoms with E-state index in [1.165, 1.54) is 0 Å². The number of amides is 3. The molecule has 0 radical (unpaired) electrons. The van der Waals surface area contributed by atoms with Crippen molar-refractivity contribution in [1.29, 1.82) is 0 Å². The van der Waals surface area contributed by atoms with Crippen molar-refractivity contribution in [2.75, 3.05) is 10.6 Å². The number of hydrogen-bond donors (Lipinski definition) is 2. The standard InChI is InChI=1S/C26H24ClN3O3/c1-15-19-9-3-4-10-20(19)24-21(28)11-6-12-22(24)30(25(15)32)26(33)16(2)29-23(31)14-17-7-5-8-18(27)13-17/h3-13,15-16H,14,28H2,1-2H3,(H,29,31)/t15?,16-/m0/s1. The second-order valence-electron chi connectivity index (χ2n) is 8.16. The van der Waals surface area contributed by atoms with Gasteiger partial charge in [-0.3, -0.25) is 14.4 Å². The lowest BCUT2D eigenvalue weighted by atomic mass is 9.92. The van der Waals surface area contributed by atoms with Crippen LogP contribution in [0.4, 0.5) is 11.4 Å². The van der Waals surface area contributed by atoms with Crippen molar-refractivity contribution in [2.24, 2.45) is 0 Å². The molecule has 1 aliphatic rings. The molecular weight excluding hydrogens is 438 g/mol. The summed E-state index contributed by atoms with van der Waals surface area (Å²) in [5.74, 6) is -1.80. The lowest BCUT2D eigenvalue weighted by molar-refractivity contribution is -0.131. The number of nitrogens with zero attached hydrogens (tertiary/aromatic N) is 1. The van der Waals surface area contributed by atoms with Crippen LogP contribution in [-0.2, 0) is 20.8 Å². The van der Waals surface area contributed by atoms with Crippen molar-refractivity contribution in [3.8, 4) is 11.1 Å². The molecule has 3 N–H and O–H groups in total. The summed E-state index contributed by atoms with van der Waals surface area (Å²) in [4.78, 5) is 40.7. The third-order valence-electron chi connectivity index (χ3n) is 5.83. The summed E-state index contributed by atoms with van der Waals surface area (Å²) in [6, 6.07) is 18.7. The Hall–Kier alpha value is -3.64. The van der Waals surface area contributed by atoms with Crippen molar-refractivity contribution in [3.63, 3.8) is 0 Å². The average Bonchev–Trinajstić information content (AvgIpc) is 2.87. The Bertz CT molecular complexity index is 1260. The maximum absolute atomic E-state index is 13.5. The van der Waals surface area contributed by atoms with Gasteiger partial charge in [-0.1, -0.05) is 54.1 Å². The first-order valence-electron chi connectivity index (χ1n) is 10.7. The number of imide groups is 1. The van der Waals surface area contributed by atoms with E-state index in [2.05, 4.69) is 5.32 Å². The van der Waals surface area contributed by atoms with Crippen LogP contribution in [0.2, 0.25) is 5.02 Å². The number of benzene rings is 3. The molecule has 3 aromatic carbocycles. The van der Waals surface area contributed by atoms with Crippen LogP contribution in [0, 0.1) is 0 Å². The zero-order valence-corrected chi connectivity index (χ0v) is 19.1. The normalized spacial score (nSPS) is 15.8. The minimum absolute atomic E-state index is 0.0670. The molecule has 1 heterocycles. The van der Waals surface area contributed by atoms with Crippen LogP contribution in [0.3, 0.4) is 0 Å². The van der Waals surface area contributed by atoms with Crippen LogP contribution >= 0.6 is 11.6 Å². The molecule has 0 spiro atoms. The summed E-state index contributed by atoms with van der Waals surface area (Å²) in [5, 5.41) is 3.24. The number of anilines is 2. The highest BCUT2D eigenvalue weighted by molar-refractivity contribution is 6.30. The molecule has 0 aliphatic carbocycles. The van der Waals surface area contributed by atoms with E-state index in [1.807, 2.05) is 24.3 Å². The van der Waals surface area contributed by atoms with Gasteiger partial charge in [-0.25, -0.2) is 4.90 Å². The van der Waals surface area contributed by atoms with Gasteiger partial charge in [-0.15, -0.1) is 0 Å². The number of nitrogen functional groups attached to an aromatic ring is 1. The van der Waals surface area contributed by atoms with Gasteiger partial charge in [0.05, 0.1) is 18.0 Å². The Morgan fingerprint density at radius 2 is 1.82 bits per heavy atom. The molecule has 168 valence electrons. The van der Waals surface area contributed by atoms with Crippen molar-refractivity contribution in [1.82, 2.24) is 5.32 Å². The van der Waals surface area contributed by atoms with Gasteiger partial charge < -0.3 is 11.1 Å². The molecular formula is C26H24ClN3O3. The van der Waals surface area contributed by atoms with Gasteiger partial charge in [0.25, 0.3) is 5.91 Å². The Labute approximate surface area is 197 Å². The van der Waals surface area contributed by atoms with Gasteiger partial charge in [0.2, 0.25) is 11.8 Å². The number of rotatable bonds is 4. The van der Waals surface area contributed by atoms with Crippen molar-refractivity contribution in [2.45, 2.75) is 32.2 Å². The van der Waals surface area contributed by atoms with Crippen LogP contribution in [-0.4, -0.2) is 23.8 Å². The second-order valence-corrected chi connectivity index (χ2v) is 8.59. The lowest BCUT2D eigenvalue weighted by Gasteiger charge is -2.26. The van der Waals surface area contributed by atoms with E-state index in [1.54, 1.807) is 56.3 Å².